The first-order valence-electron chi connectivity index (χ1n) is 7.98. The standard InChI is InChI=1S/C19H20N2O3/c1-4-21-10-9-15-17(19(21)23)16(13(3)24-15)18(22)20-11-14-8-6-5-7-12(14)2/h5-10H,4,11H2,1-3H3,(H,20,22). The third kappa shape index (κ3) is 2.73. The first-order valence-corrected chi connectivity index (χ1v) is 7.98. The Morgan fingerprint density at radius 1 is 1.21 bits per heavy atom. The Morgan fingerprint density at radius 2 is 1.96 bits per heavy atom. The van der Waals surface area contributed by atoms with Gasteiger partial charge in [0.25, 0.3) is 11.5 Å². The molecule has 5 nitrogen and oxygen atoms in total. The van der Waals surface area contributed by atoms with E-state index < -0.39 is 0 Å². The summed E-state index contributed by atoms with van der Waals surface area (Å²) in [6, 6.07) is 9.60. The van der Waals surface area contributed by atoms with E-state index in [2.05, 4.69) is 5.32 Å². The van der Waals surface area contributed by atoms with Crippen LogP contribution in [0.1, 0.15) is 34.2 Å². The third-order valence-corrected chi connectivity index (χ3v) is 4.26. The Bertz CT molecular complexity index is 966. The monoisotopic (exact) mass is 324 g/mol. The summed E-state index contributed by atoms with van der Waals surface area (Å²) in [4.78, 5) is 25.2. The zero-order chi connectivity index (χ0) is 17.3. The molecule has 3 aromatic rings. The molecular formula is C19H20N2O3. The number of pyridine rings is 1. The van der Waals surface area contributed by atoms with Crippen molar-refractivity contribution < 1.29 is 9.21 Å². The molecule has 5 heteroatoms. The molecule has 0 radical (unpaired) electrons. The molecule has 0 unspecified atom stereocenters. The van der Waals surface area contributed by atoms with Gasteiger partial charge >= 0.3 is 0 Å². The van der Waals surface area contributed by atoms with E-state index in [9.17, 15) is 9.59 Å². The quantitative estimate of drug-likeness (QED) is 0.802. The predicted molar refractivity (Wildman–Crippen MR) is 93.2 cm³/mol. The number of benzene rings is 1. The molecule has 0 fully saturated rings. The molecular weight excluding hydrogens is 304 g/mol. The number of aryl methyl sites for hydroxylation is 3. The van der Waals surface area contributed by atoms with Gasteiger partial charge in [-0.05, 0) is 38.0 Å². The summed E-state index contributed by atoms with van der Waals surface area (Å²) in [5.41, 5.74) is 2.73. The molecule has 0 bridgehead atoms. The molecule has 2 aromatic heterocycles. The number of carbonyl (C=O) groups excluding carboxylic acids is 1. The van der Waals surface area contributed by atoms with Crippen molar-refractivity contribution >= 4 is 16.9 Å². The molecule has 0 atom stereocenters. The number of hydrogen-bond acceptors (Lipinski definition) is 3. The first kappa shape index (κ1) is 16.1. The minimum Gasteiger partial charge on any atom is -0.460 e. The van der Waals surface area contributed by atoms with Gasteiger partial charge in [-0.3, -0.25) is 9.59 Å². The van der Waals surface area contributed by atoms with Crippen molar-refractivity contribution in [2.75, 3.05) is 0 Å². The van der Waals surface area contributed by atoms with E-state index in [1.54, 1.807) is 23.8 Å². The average Bonchev–Trinajstić information content (AvgIpc) is 2.91. The highest BCUT2D eigenvalue weighted by atomic mass is 16.3. The van der Waals surface area contributed by atoms with E-state index in [1.165, 1.54) is 0 Å². The van der Waals surface area contributed by atoms with Crippen LogP contribution in [0.3, 0.4) is 0 Å². The topological polar surface area (TPSA) is 64.2 Å². The summed E-state index contributed by atoms with van der Waals surface area (Å²) in [5, 5.41) is 3.24. The van der Waals surface area contributed by atoms with Crippen molar-refractivity contribution in [3.63, 3.8) is 0 Å². The van der Waals surface area contributed by atoms with Gasteiger partial charge in [-0.1, -0.05) is 24.3 Å². The van der Waals surface area contributed by atoms with Crippen LogP contribution in [0, 0.1) is 13.8 Å². The van der Waals surface area contributed by atoms with Crippen molar-refractivity contribution in [3.8, 4) is 0 Å². The fraction of sp³-hybridized carbons (Fsp3) is 0.263. The summed E-state index contributed by atoms with van der Waals surface area (Å²) in [6.45, 7) is 6.55. The van der Waals surface area contributed by atoms with Gasteiger partial charge in [-0.2, -0.15) is 0 Å². The van der Waals surface area contributed by atoms with Crippen molar-refractivity contribution in [1.82, 2.24) is 9.88 Å². The lowest BCUT2D eigenvalue weighted by atomic mass is 10.1. The van der Waals surface area contributed by atoms with Crippen LogP contribution in [-0.4, -0.2) is 10.5 Å². The Kier molecular flexibility index (Phi) is 4.25. The Morgan fingerprint density at radius 3 is 2.67 bits per heavy atom. The normalized spacial score (nSPS) is 11.0. The second kappa shape index (κ2) is 6.35. The summed E-state index contributed by atoms with van der Waals surface area (Å²) in [7, 11) is 0. The molecule has 0 saturated carbocycles. The lowest BCUT2D eigenvalue weighted by Crippen LogP contribution is -2.26. The zero-order valence-electron chi connectivity index (χ0n) is 14.1. The number of nitrogens with zero attached hydrogens (tertiary/aromatic N) is 1. The Balaban J connectivity index is 1.96. The molecule has 2 heterocycles. The Labute approximate surface area is 139 Å². The van der Waals surface area contributed by atoms with Gasteiger partial charge in [0, 0.05) is 19.3 Å². The molecule has 0 saturated heterocycles. The SMILES string of the molecule is CCn1ccc2oc(C)c(C(=O)NCc3ccccc3C)c2c1=O. The van der Waals surface area contributed by atoms with Crippen molar-refractivity contribution in [3.05, 3.63) is 69.3 Å². The first-order chi connectivity index (χ1) is 11.5. The highest BCUT2D eigenvalue weighted by Gasteiger charge is 2.21. The van der Waals surface area contributed by atoms with E-state index in [4.69, 9.17) is 4.42 Å². The number of nitrogens with one attached hydrogen (secondary N) is 1. The largest absolute Gasteiger partial charge is 0.460 e. The number of fused-ring (bicyclic) bond motifs is 1. The van der Waals surface area contributed by atoms with Crippen LogP contribution in [0.25, 0.3) is 11.0 Å². The number of hydrogen-bond donors (Lipinski definition) is 1. The summed E-state index contributed by atoms with van der Waals surface area (Å²) in [5.74, 6) is 0.165. The number of amides is 1. The molecule has 124 valence electrons. The zero-order valence-corrected chi connectivity index (χ0v) is 14.1. The van der Waals surface area contributed by atoms with Gasteiger partial charge in [0.2, 0.25) is 0 Å². The molecule has 0 spiro atoms. The fourth-order valence-corrected chi connectivity index (χ4v) is 2.86. The summed E-state index contributed by atoms with van der Waals surface area (Å²) < 4.78 is 7.17. The van der Waals surface area contributed by atoms with Crippen molar-refractivity contribution in [2.45, 2.75) is 33.9 Å². The van der Waals surface area contributed by atoms with Crippen LogP contribution >= 0.6 is 0 Å². The van der Waals surface area contributed by atoms with Gasteiger partial charge in [-0.15, -0.1) is 0 Å². The number of aromatic nitrogens is 1. The van der Waals surface area contributed by atoms with E-state index in [0.29, 0.717) is 35.4 Å². The second-order valence-corrected chi connectivity index (χ2v) is 5.79. The lowest BCUT2D eigenvalue weighted by molar-refractivity contribution is 0.0950. The van der Waals surface area contributed by atoms with Crippen molar-refractivity contribution in [2.24, 2.45) is 0 Å². The third-order valence-electron chi connectivity index (χ3n) is 4.26. The minimum atomic E-state index is -0.291. The van der Waals surface area contributed by atoms with Crippen LogP contribution in [0.5, 0.6) is 0 Å². The van der Waals surface area contributed by atoms with Gasteiger partial charge < -0.3 is 14.3 Å². The van der Waals surface area contributed by atoms with Crippen LogP contribution in [0.15, 0.2) is 45.7 Å². The van der Waals surface area contributed by atoms with Crippen LogP contribution in [0.4, 0.5) is 0 Å². The van der Waals surface area contributed by atoms with Gasteiger partial charge in [0.1, 0.15) is 11.3 Å². The van der Waals surface area contributed by atoms with Gasteiger partial charge in [-0.25, -0.2) is 0 Å². The average molecular weight is 324 g/mol. The van der Waals surface area contributed by atoms with Crippen LogP contribution in [-0.2, 0) is 13.1 Å². The van der Waals surface area contributed by atoms with Crippen molar-refractivity contribution in [1.29, 1.82) is 0 Å². The second-order valence-electron chi connectivity index (χ2n) is 5.79. The van der Waals surface area contributed by atoms with Gasteiger partial charge in [0.15, 0.2) is 0 Å². The maximum atomic E-state index is 12.7. The van der Waals surface area contributed by atoms with E-state index in [1.807, 2.05) is 38.1 Å². The molecule has 1 amide bonds. The molecule has 1 N–H and O–H groups in total. The molecule has 0 aliphatic heterocycles. The molecule has 1 aromatic carbocycles. The number of furan rings is 1. The number of carbonyl (C=O) groups is 1. The van der Waals surface area contributed by atoms with E-state index >= 15 is 0 Å². The minimum absolute atomic E-state index is 0.201. The maximum Gasteiger partial charge on any atom is 0.262 e. The van der Waals surface area contributed by atoms with E-state index in [-0.39, 0.29) is 11.5 Å². The highest BCUT2D eigenvalue weighted by molar-refractivity contribution is 6.06. The summed E-state index contributed by atoms with van der Waals surface area (Å²) >= 11 is 0. The fourth-order valence-electron chi connectivity index (χ4n) is 2.86. The molecule has 24 heavy (non-hydrogen) atoms. The van der Waals surface area contributed by atoms with Crippen LogP contribution < -0.4 is 10.9 Å². The van der Waals surface area contributed by atoms with Gasteiger partial charge in [0.05, 0.1) is 10.9 Å². The molecule has 3 rings (SSSR count). The lowest BCUT2D eigenvalue weighted by Gasteiger charge is -2.08. The Hall–Kier alpha value is -2.82. The maximum absolute atomic E-state index is 12.7. The smallest absolute Gasteiger partial charge is 0.262 e. The summed E-state index contributed by atoms with van der Waals surface area (Å²) in [6.07, 6.45) is 1.68. The highest BCUT2D eigenvalue weighted by Crippen LogP contribution is 2.22. The number of rotatable bonds is 4. The van der Waals surface area contributed by atoms with E-state index in [0.717, 1.165) is 11.1 Å². The molecule has 0 aliphatic carbocycles. The van der Waals surface area contributed by atoms with Crippen LogP contribution in [0.2, 0.25) is 0 Å². The predicted octanol–water partition coefficient (Wildman–Crippen LogP) is 3.16. The molecule has 0 aliphatic rings.